The second kappa shape index (κ2) is 7.19. The van der Waals surface area contributed by atoms with Crippen LogP contribution in [-0.2, 0) is 14.8 Å². The van der Waals surface area contributed by atoms with E-state index in [1.807, 2.05) is 38.1 Å². The molecule has 144 valence electrons. The van der Waals surface area contributed by atoms with Gasteiger partial charge in [0.1, 0.15) is 11.4 Å². The predicted molar refractivity (Wildman–Crippen MR) is 101 cm³/mol. The van der Waals surface area contributed by atoms with Crippen molar-refractivity contribution in [1.82, 2.24) is 9.62 Å². The number of piperidine rings is 1. The largest absolute Gasteiger partial charge is 0.487 e. The van der Waals surface area contributed by atoms with E-state index in [0.29, 0.717) is 32.4 Å². The zero-order valence-corrected chi connectivity index (χ0v) is 16.5. The molecule has 0 saturated carbocycles. The van der Waals surface area contributed by atoms with Gasteiger partial charge in [0.25, 0.3) is 0 Å². The van der Waals surface area contributed by atoms with Crippen molar-refractivity contribution in [1.29, 1.82) is 0 Å². The third kappa shape index (κ3) is 4.20. The molecule has 1 saturated heterocycles. The van der Waals surface area contributed by atoms with Gasteiger partial charge in [-0.15, -0.1) is 0 Å². The summed E-state index contributed by atoms with van der Waals surface area (Å²) < 4.78 is 31.5. The van der Waals surface area contributed by atoms with Crippen molar-refractivity contribution in [3.8, 4) is 5.75 Å². The van der Waals surface area contributed by atoms with E-state index in [2.05, 4.69) is 5.32 Å². The molecule has 1 spiro atoms. The highest BCUT2D eigenvalue weighted by Crippen LogP contribution is 2.46. The van der Waals surface area contributed by atoms with Crippen molar-refractivity contribution in [3.63, 3.8) is 0 Å². The van der Waals surface area contributed by atoms with Crippen LogP contribution in [0.15, 0.2) is 24.3 Å². The molecule has 6 nitrogen and oxygen atoms in total. The number of para-hydroxylation sites is 1. The maximum absolute atomic E-state index is 12.3. The fourth-order valence-electron chi connectivity index (χ4n) is 4.06. The molecule has 3 rings (SSSR count). The smallest absolute Gasteiger partial charge is 0.220 e. The summed E-state index contributed by atoms with van der Waals surface area (Å²) >= 11 is 0. The van der Waals surface area contributed by atoms with Crippen LogP contribution in [0.2, 0.25) is 0 Å². The lowest BCUT2D eigenvalue weighted by molar-refractivity contribution is -0.122. The number of hydrogen-bond acceptors (Lipinski definition) is 4. The van der Waals surface area contributed by atoms with Crippen molar-refractivity contribution >= 4 is 15.9 Å². The van der Waals surface area contributed by atoms with Gasteiger partial charge in [0.05, 0.1) is 6.26 Å². The van der Waals surface area contributed by atoms with E-state index in [4.69, 9.17) is 4.74 Å². The minimum Gasteiger partial charge on any atom is -0.487 e. The summed E-state index contributed by atoms with van der Waals surface area (Å²) in [6, 6.07) is 8.01. The summed E-state index contributed by atoms with van der Waals surface area (Å²) in [5, 5.41) is 2.97. The van der Waals surface area contributed by atoms with Crippen molar-refractivity contribution < 1.29 is 17.9 Å². The fourth-order valence-corrected chi connectivity index (χ4v) is 4.91. The Morgan fingerprint density at radius 3 is 2.58 bits per heavy atom. The number of nitrogens with one attached hydrogen (secondary N) is 1. The van der Waals surface area contributed by atoms with Gasteiger partial charge in [-0.3, -0.25) is 4.79 Å². The molecular weight excluding hydrogens is 352 g/mol. The SMILES string of the molecule is CC(C)NC(=O)CC1CC2(CCN(S(C)(=O)=O)CC2)Oc2ccccc21. The fraction of sp³-hybridized carbons (Fsp3) is 0.632. The summed E-state index contributed by atoms with van der Waals surface area (Å²) in [7, 11) is -3.17. The third-order valence-electron chi connectivity index (χ3n) is 5.29. The number of hydrogen-bond donors (Lipinski definition) is 1. The van der Waals surface area contributed by atoms with Gasteiger partial charge in [-0.05, 0) is 31.9 Å². The van der Waals surface area contributed by atoms with Gasteiger partial charge in [0, 0.05) is 44.3 Å². The van der Waals surface area contributed by atoms with Crippen molar-refractivity contribution in [2.24, 2.45) is 0 Å². The summed E-state index contributed by atoms with van der Waals surface area (Å²) in [5.74, 6) is 0.961. The van der Waals surface area contributed by atoms with Gasteiger partial charge in [0.2, 0.25) is 15.9 Å². The highest BCUT2D eigenvalue weighted by atomic mass is 32.2. The van der Waals surface area contributed by atoms with E-state index in [0.717, 1.165) is 17.7 Å². The average molecular weight is 381 g/mol. The third-order valence-corrected chi connectivity index (χ3v) is 6.59. The minimum absolute atomic E-state index is 0.0467. The Hall–Kier alpha value is -1.60. The van der Waals surface area contributed by atoms with Crippen LogP contribution in [0.25, 0.3) is 0 Å². The molecule has 1 unspecified atom stereocenters. The molecule has 0 aromatic heterocycles. The van der Waals surface area contributed by atoms with Crippen LogP contribution in [0, 0.1) is 0 Å². The van der Waals surface area contributed by atoms with Crippen LogP contribution in [0.4, 0.5) is 0 Å². The molecule has 26 heavy (non-hydrogen) atoms. The number of fused-ring (bicyclic) bond motifs is 1. The van der Waals surface area contributed by atoms with Crippen LogP contribution in [-0.4, -0.2) is 49.6 Å². The number of carbonyl (C=O) groups is 1. The first-order valence-electron chi connectivity index (χ1n) is 9.21. The number of ether oxygens (including phenoxy) is 1. The molecule has 1 amide bonds. The van der Waals surface area contributed by atoms with Gasteiger partial charge in [-0.1, -0.05) is 18.2 Å². The van der Waals surface area contributed by atoms with Gasteiger partial charge in [-0.25, -0.2) is 12.7 Å². The Morgan fingerprint density at radius 1 is 1.31 bits per heavy atom. The molecule has 0 radical (unpaired) electrons. The topological polar surface area (TPSA) is 75.7 Å². The number of sulfonamides is 1. The first-order valence-corrected chi connectivity index (χ1v) is 11.1. The first-order chi connectivity index (χ1) is 12.2. The molecule has 0 bridgehead atoms. The molecule has 0 aliphatic carbocycles. The lowest BCUT2D eigenvalue weighted by atomic mass is 9.76. The average Bonchev–Trinajstić information content (AvgIpc) is 2.53. The monoisotopic (exact) mass is 380 g/mol. The van der Waals surface area contributed by atoms with E-state index in [-0.39, 0.29) is 17.9 Å². The van der Waals surface area contributed by atoms with Crippen LogP contribution < -0.4 is 10.1 Å². The summed E-state index contributed by atoms with van der Waals surface area (Å²) in [6.07, 6.45) is 3.72. The summed E-state index contributed by atoms with van der Waals surface area (Å²) in [5.41, 5.74) is 0.681. The van der Waals surface area contributed by atoms with Crippen LogP contribution >= 0.6 is 0 Å². The van der Waals surface area contributed by atoms with E-state index in [1.165, 1.54) is 10.6 Å². The molecule has 2 aliphatic heterocycles. The minimum atomic E-state index is -3.17. The van der Waals surface area contributed by atoms with Gasteiger partial charge in [0.15, 0.2) is 0 Å². The zero-order valence-electron chi connectivity index (χ0n) is 15.7. The summed E-state index contributed by atoms with van der Waals surface area (Å²) in [4.78, 5) is 12.3. The molecular formula is C19H28N2O4S. The Bertz CT molecular complexity index is 767. The Morgan fingerprint density at radius 2 is 1.96 bits per heavy atom. The molecule has 1 atom stereocenters. The van der Waals surface area contributed by atoms with Gasteiger partial charge in [-0.2, -0.15) is 0 Å². The van der Waals surface area contributed by atoms with Crippen LogP contribution in [0.1, 0.15) is 51.0 Å². The Balaban J connectivity index is 1.80. The zero-order chi connectivity index (χ0) is 18.9. The van der Waals surface area contributed by atoms with E-state index in [1.54, 1.807) is 0 Å². The maximum atomic E-state index is 12.3. The van der Waals surface area contributed by atoms with Gasteiger partial charge < -0.3 is 10.1 Å². The lowest BCUT2D eigenvalue weighted by Gasteiger charge is -2.46. The maximum Gasteiger partial charge on any atom is 0.220 e. The van der Waals surface area contributed by atoms with Crippen LogP contribution in [0.3, 0.4) is 0 Å². The van der Waals surface area contributed by atoms with E-state index >= 15 is 0 Å². The van der Waals surface area contributed by atoms with Crippen molar-refractivity contribution in [3.05, 3.63) is 29.8 Å². The molecule has 1 N–H and O–H groups in total. The molecule has 1 fully saturated rings. The summed E-state index contributed by atoms with van der Waals surface area (Å²) in [6.45, 7) is 4.84. The van der Waals surface area contributed by atoms with Gasteiger partial charge >= 0.3 is 0 Å². The molecule has 7 heteroatoms. The number of amides is 1. The van der Waals surface area contributed by atoms with Crippen molar-refractivity contribution in [2.75, 3.05) is 19.3 Å². The number of rotatable bonds is 4. The predicted octanol–water partition coefficient (Wildman–Crippen LogP) is 2.26. The Kier molecular flexibility index (Phi) is 5.30. The van der Waals surface area contributed by atoms with E-state index in [9.17, 15) is 13.2 Å². The number of nitrogens with zero attached hydrogens (tertiary/aromatic N) is 1. The second-order valence-electron chi connectivity index (χ2n) is 7.81. The second-order valence-corrected chi connectivity index (χ2v) is 9.79. The standard InChI is InChI=1S/C19H28N2O4S/c1-14(2)20-18(22)12-15-13-19(25-17-7-5-4-6-16(15)17)8-10-21(11-9-19)26(3,23)24/h4-7,14-15H,8-13H2,1-3H3,(H,20,22). The normalized spacial score (nSPS) is 22.7. The highest BCUT2D eigenvalue weighted by Gasteiger charge is 2.44. The lowest BCUT2D eigenvalue weighted by Crippen LogP contribution is -2.51. The Labute approximate surface area is 156 Å². The molecule has 1 aromatic carbocycles. The molecule has 1 aromatic rings. The first kappa shape index (κ1) is 19.2. The molecule has 2 aliphatic rings. The number of carbonyl (C=O) groups excluding carboxylic acids is 1. The quantitative estimate of drug-likeness (QED) is 0.869. The van der Waals surface area contributed by atoms with E-state index < -0.39 is 15.6 Å². The van der Waals surface area contributed by atoms with Crippen LogP contribution in [0.5, 0.6) is 5.75 Å². The van der Waals surface area contributed by atoms with Crippen molar-refractivity contribution in [2.45, 2.75) is 57.1 Å². The highest BCUT2D eigenvalue weighted by molar-refractivity contribution is 7.88. The number of benzene rings is 1. The molecule has 2 heterocycles.